The summed E-state index contributed by atoms with van der Waals surface area (Å²) in [4.78, 5) is 0. The van der Waals surface area contributed by atoms with E-state index in [1.807, 2.05) is 10.9 Å². The summed E-state index contributed by atoms with van der Waals surface area (Å²) in [5.41, 5.74) is 1.91. The van der Waals surface area contributed by atoms with E-state index in [1.165, 1.54) is 0 Å². The third-order valence-corrected chi connectivity index (χ3v) is 6.89. The van der Waals surface area contributed by atoms with E-state index in [2.05, 4.69) is 39.8 Å². The second kappa shape index (κ2) is 7.18. The van der Waals surface area contributed by atoms with Crippen LogP contribution in [0.1, 0.15) is 49.9 Å². The third-order valence-electron chi connectivity index (χ3n) is 5.76. The molecule has 6 nitrogen and oxygen atoms in total. The molecule has 5 rings (SSSR count). The van der Waals surface area contributed by atoms with Crippen LogP contribution in [0, 0.1) is 8.78 Å². The summed E-state index contributed by atoms with van der Waals surface area (Å²) in [6, 6.07) is 4.25. The second-order valence-corrected chi connectivity index (χ2v) is 8.53. The molecule has 4 heterocycles. The second-order valence-electron chi connectivity index (χ2n) is 7.45. The normalized spacial score (nSPS) is 21.9. The van der Waals surface area contributed by atoms with E-state index in [9.17, 15) is 5.21 Å². The summed E-state index contributed by atoms with van der Waals surface area (Å²) in [6.45, 7) is 2.24. The summed E-state index contributed by atoms with van der Waals surface area (Å²) < 4.78 is 15.5. The standard InChI is InChI=1S/C20H22IN3O3/c21-19-16-9-14-11-22-24(18-3-1-2-6-27-18)17(14)10-15(16)12-23(25)20(19)13-4-7-26-8-5-13/h9-13,18H,1-8H2. The van der Waals surface area contributed by atoms with Crippen molar-refractivity contribution < 1.29 is 14.2 Å². The molecule has 2 fully saturated rings. The van der Waals surface area contributed by atoms with Crippen LogP contribution in [0.4, 0.5) is 0 Å². The van der Waals surface area contributed by atoms with Crippen molar-refractivity contribution in [2.24, 2.45) is 0 Å². The van der Waals surface area contributed by atoms with Crippen molar-refractivity contribution >= 4 is 44.3 Å². The number of pyridine rings is 1. The first-order chi connectivity index (χ1) is 13.2. The van der Waals surface area contributed by atoms with Crippen LogP contribution >= 0.6 is 22.6 Å². The smallest absolute Gasteiger partial charge is 0.209 e. The Labute approximate surface area is 171 Å². The van der Waals surface area contributed by atoms with Crippen LogP contribution in [0.3, 0.4) is 0 Å². The summed E-state index contributed by atoms with van der Waals surface area (Å²) in [5, 5.41) is 20.6. The summed E-state index contributed by atoms with van der Waals surface area (Å²) >= 11 is 2.34. The summed E-state index contributed by atoms with van der Waals surface area (Å²) in [6.07, 6.45) is 8.70. The molecule has 1 aromatic carbocycles. The molecule has 0 amide bonds. The molecule has 2 aliphatic heterocycles. The van der Waals surface area contributed by atoms with E-state index in [-0.39, 0.29) is 12.1 Å². The highest BCUT2D eigenvalue weighted by molar-refractivity contribution is 14.1. The number of halogens is 1. The molecular weight excluding hydrogens is 457 g/mol. The molecule has 0 N–H and O–H groups in total. The minimum absolute atomic E-state index is 0.00587. The van der Waals surface area contributed by atoms with Crippen molar-refractivity contribution in [2.75, 3.05) is 19.8 Å². The number of hydrogen-bond acceptors (Lipinski definition) is 4. The molecule has 2 saturated heterocycles. The van der Waals surface area contributed by atoms with E-state index in [0.29, 0.717) is 0 Å². The highest BCUT2D eigenvalue weighted by Gasteiger charge is 2.28. The Balaban J connectivity index is 1.63. The Morgan fingerprint density at radius 1 is 1.11 bits per heavy atom. The Hall–Kier alpha value is -1.45. The van der Waals surface area contributed by atoms with Gasteiger partial charge >= 0.3 is 0 Å². The number of benzene rings is 1. The Bertz CT molecular complexity index is 991. The molecule has 142 valence electrons. The van der Waals surface area contributed by atoms with Crippen molar-refractivity contribution in [3.63, 3.8) is 0 Å². The highest BCUT2D eigenvalue weighted by atomic mass is 127. The SMILES string of the molecule is [O-][n+]1cc2cc3c(cnn3C3CCCCO3)cc2c(I)c1C1CCOCC1. The van der Waals surface area contributed by atoms with Gasteiger partial charge in [-0.05, 0) is 66.8 Å². The van der Waals surface area contributed by atoms with Gasteiger partial charge in [-0.15, -0.1) is 0 Å². The number of ether oxygens (including phenoxy) is 2. The van der Waals surface area contributed by atoms with Crippen molar-refractivity contribution in [1.82, 2.24) is 9.78 Å². The lowest BCUT2D eigenvalue weighted by atomic mass is 9.94. The maximum atomic E-state index is 12.8. The fourth-order valence-electron chi connectivity index (χ4n) is 4.31. The van der Waals surface area contributed by atoms with Crippen LogP contribution in [0.5, 0.6) is 0 Å². The van der Waals surface area contributed by atoms with E-state index in [0.717, 1.165) is 87.6 Å². The quantitative estimate of drug-likeness (QED) is 0.317. The van der Waals surface area contributed by atoms with Gasteiger partial charge in [0.05, 0.1) is 26.6 Å². The minimum atomic E-state index is -0.00587. The lowest BCUT2D eigenvalue weighted by Crippen LogP contribution is -2.36. The molecule has 1 atom stereocenters. The number of fused-ring (bicyclic) bond motifs is 2. The largest absolute Gasteiger partial charge is 0.618 e. The predicted molar refractivity (Wildman–Crippen MR) is 111 cm³/mol. The Kier molecular flexibility index (Phi) is 4.69. The molecule has 2 aromatic heterocycles. The first-order valence-corrected chi connectivity index (χ1v) is 10.7. The van der Waals surface area contributed by atoms with Gasteiger partial charge < -0.3 is 14.7 Å². The van der Waals surface area contributed by atoms with Crippen molar-refractivity contribution in [3.8, 4) is 0 Å². The molecule has 3 aromatic rings. The van der Waals surface area contributed by atoms with Gasteiger partial charge in [-0.1, -0.05) is 0 Å². The van der Waals surface area contributed by atoms with Crippen molar-refractivity contribution in [3.05, 3.63) is 39.0 Å². The zero-order valence-electron chi connectivity index (χ0n) is 15.1. The molecule has 0 saturated carbocycles. The van der Waals surface area contributed by atoms with Gasteiger partial charge in [0.1, 0.15) is 0 Å². The molecule has 1 unspecified atom stereocenters. The maximum Gasteiger partial charge on any atom is 0.209 e. The molecule has 0 aliphatic carbocycles. The monoisotopic (exact) mass is 479 g/mol. The number of aromatic nitrogens is 3. The zero-order valence-corrected chi connectivity index (χ0v) is 17.2. The molecule has 0 spiro atoms. The predicted octanol–water partition coefficient (Wildman–Crippen LogP) is 4.02. The lowest BCUT2D eigenvalue weighted by Gasteiger charge is -2.24. The lowest BCUT2D eigenvalue weighted by molar-refractivity contribution is -0.615. The van der Waals surface area contributed by atoms with Gasteiger partial charge in [0.15, 0.2) is 12.4 Å². The van der Waals surface area contributed by atoms with Crippen LogP contribution in [0.2, 0.25) is 0 Å². The molecule has 0 radical (unpaired) electrons. The average molecular weight is 479 g/mol. The zero-order chi connectivity index (χ0) is 18.4. The van der Waals surface area contributed by atoms with Crippen molar-refractivity contribution in [2.45, 2.75) is 44.2 Å². The maximum absolute atomic E-state index is 12.8. The first-order valence-electron chi connectivity index (χ1n) is 9.64. The highest BCUT2D eigenvalue weighted by Crippen LogP contribution is 2.34. The van der Waals surface area contributed by atoms with Crippen LogP contribution in [0.25, 0.3) is 21.7 Å². The fraction of sp³-hybridized carbons (Fsp3) is 0.500. The molecule has 0 bridgehead atoms. The van der Waals surface area contributed by atoms with Gasteiger partial charge in [-0.25, -0.2) is 4.68 Å². The Morgan fingerprint density at radius 2 is 1.96 bits per heavy atom. The van der Waals surface area contributed by atoms with E-state index in [1.54, 1.807) is 6.20 Å². The van der Waals surface area contributed by atoms with Crippen molar-refractivity contribution in [1.29, 1.82) is 0 Å². The first kappa shape index (κ1) is 17.6. The number of nitrogens with zero attached hydrogens (tertiary/aromatic N) is 3. The van der Waals surface area contributed by atoms with Crippen LogP contribution in [0.15, 0.2) is 24.5 Å². The molecule has 27 heavy (non-hydrogen) atoms. The Morgan fingerprint density at radius 3 is 2.74 bits per heavy atom. The summed E-state index contributed by atoms with van der Waals surface area (Å²) in [5.74, 6) is 0.265. The van der Waals surface area contributed by atoms with Gasteiger partial charge in [-0.3, -0.25) is 0 Å². The van der Waals surface area contributed by atoms with E-state index in [4.69, 9.17) is 9.47 Å². The van der Waals surface area contributed by atoms with Gasteiger partial charge in [0.25, 0.3) is 0 Å². The van der Waals surface area contributed by atoms with Crippen LogP contribution < -0.4 is 4.73 Å². The fourth-order valence-corrected chi connectivity index (χ4v) is 5.46. The van der Waals surface area contributed by atoms with Gasteiger partial charge in [0, 0.05) is 30.6 Å². The van der Waals surface area contributed by atoms with E-state index >= 15 is 0 Å². The number of hydrogen-bond donors (Lipinski definition) is 0. The summed E-state index contributed by atoms with van der Waals surface area (Å²) in [7, 11) is 0. The van der Waals surface area contributed by atoms with Gasteiger partial charge in [0.2, 0.25) is 5.69 Å². The number of rotatable bonds is 2. The molecular formula is C20H22IN3O3. The molecule has 2 aliphatic rings. The van der Waals surface area contributed by atoms with Gasteiger partial charge in [-0.2, -0.15) is 9.83 Å². The minimum Gasteiger partial charge on any atom is -0.618 e. The van der Waals surface area contributed by atoms with Crippen LogP contribution in [-0.4, -0.2) is 29.6 Å². The topological polar surface area (TPSA) is 63.2 Å². The van der Waals surface area contributed by atoms with Crippen LogP contribution in [-0.2, 0) is 9.47 Å². The average Bonchev–Trinajstić information content (AvgIpc) is 3.11. The molecule has 7 heteroatoms. The van der Waals surface area contributed by atoms with E-state index < -0.39 is 0 Å². The third kappa shape index (κ3) is 3.09.